The molecule has 1 rings (SSSR count). The van der Waals surface area contributed by atoms with Gasteiger partial charge in [0.2, 0.25) is 0 Å². The molecule has 0 unspecified atom stereocenters. The lowest BCUT2D eigenvalue weighted by molar-refractivity contribution is -0.386. The number of benzene rings is 1. The van der Waals surface area contributed by atoms with Gasteiger partial charge in [-0.2, -0.15) is 0 Å². The second-order valence-corrected chi connectivity index (χ2v) is 5.63. The molecule has 0 N–H and O–H groups in total. The first-order valence-corrected chi connectivity index (χ1v) is 5.66. The van der Waals surface area contributed by atoms with Crippen molar-refractivity contribution < 1.29 is 9.66 Å². The Morgan fingerprint density at radius 3 is 2.56 bits per heavy atom. The highest BCUT2D eigenvalue weighted by Gasteiger charge is 2.18. The summed E-state index contributed by atoms with van der Waals surface area (Å²) in [5, 5.41) is 10.8. The van der Waals surface area contributed by atoms with Crippen molar-refractivity contribution in [2.24, 2.45) is 5.41 Å². The van der Waals surface area contributed by atoms with E-state index in [0.29, 0.717) is 16.8 Å². The number of nitro groups is 1. The van der Waals surface area contributed by atoms with Gasteiger partial charge in [0.1, 0.15) is 0 Å². The van der Waals surface area contributed by atoms with Crippen LogP contribution in [-0.4, -0.2) is 11.5 Å². The zero-order valence-electron chi connectivity index (χ0n) is 9.49. The number of hydrogen-bond donors (Lipinski definition) is 0. The predicted molar refractivity (Wildman–Crippen MR) is 65.7 cm³/mol. The smallest absolute Gasteiger partial charge is 0.312 e. The lowest BCUT2D eigenvalue weighted by Crippen LogP contribution is -2.17. The normalized spacial score (nSPS) is 11.2. The molecule has 0 saturated heterocycles. The third-order valence-electron chi connectivity index (χ3n) is 1.78. The van der Waals surface area contributed by atoms with Crippen LogP contribution in [0.15, 0.2) is 22.7 Å². The number of halogens is 1. The van der Waals surface area contributed by atoms with Crippen molar-refractivity contribution in [3.8, 4) is 5.75 Å². The molecule has 16 heavy (non-hydrogen) atoms. The summed E-state index contributed by atoms with van der Waals surface area (Å²) in [5.41, 5.74) is -0.0420. The minimum absolute atomic E-state index is 0.0152. The fraction of sp³-hybridized carbons (Fsp3) is 0.455. The van der Waals surface area contributed by atoms with Crippen LogP contribution < -0.4 is 4.74 Å². The zero-order valence-corrected chi connectivity index (χ0v) is 11.1. The number of ether oxygens (including phenoxy) is 1. The van der Waals surface area contributed by atoms with Crippen LogP contribution in [0.25, 0.3) is 0 Å². The summed E-state index contributed by atoms with van der Waals surface area (Å²) in [6, 6.07) is 4.77. The van der Waals surface area contributed by atoms with Crippen LogP contribution in [0, 0.1) is 15.5 Å². The molecule has 4 nitrogen and oxygen atoms in total. The van der Waals surface area contributed by atoms with Gasteiger partial charge in [0.25, 0.3) is 0 Å². The van der Waals surface area contributed by atoms with Gasteiger partial charge in [-0.25, -0.2) is 0 Å². The topological polar surface area (TPSA) is 52.4 Å². The Morgan fingerprint density at radius 1 is 1.44 bits per heavy atom. The van der Waals surface area contributed by atoms with Crippen molar-refractivity contribution in [1.29, 1.82) is 0 Å². The van der Waals surface area contributed by atoms with Crippen molar-refractivity contribution in [3.63, 3.8) is 0 Å². The third-order valence-corrected chi connectivity index (χ3v) is 2.27. The first kappa shape index (κ1) is 13.0. The first-order chi connectivity index (χ1) is 7.29. The van der Waals surface area contributed by atoms with E-state index in [1.54, 1.807) is 12.1 Å². The highest BCUT2D eigenvalue weighted by Crippen LogP contribution is 2.31. The standard InChI is InChI=1S/C11H14BrNO3/c1-11(2,3)7-16-10-5-4-8(12)6-9(10)13(14)15/h4-6H,7H2,1-3H3. The van der Waals surface area contributed by atoms with Crippen molar-refractivity contribution in [3.05, 3.63) is 32.8 Å². The van der Waals surface area contributed by atoms with Gasteiger partial charge in [-0.05, 0) is 17.5 Å². The van der Waals surface area contributed by atoms with E-state index in [1.165, 1.54) is 6.07 Å². The average Bonchev–Trinajstić information content (AvgIpc) is 2.14. The second-order valence-electron chi connectivity index (χ2n) is 4.72. The van der Waals surface area contributed by atoms with Crippen LogP contribution in [0.1, 0.15) is 20.8 Å². The van der Waals surface area contributed by atoms with Crippen molar-refractivity contribution in [2.75, 3.05) is 6.61 Å². The maximum absolute atomic E-state index is 10.8. The molecule has 88 valence electrons. The van der Waals surface area contributed by atoms with E-state index >= 15 is 0 Å². The molecule has 0 aliphatic heterocycles. The van der Waals surface area contributed by atoms with Crippen LogP contribution >= 0.6 is 15.9 Å². The minimum atomic E-state index is -0.442. The number of rotatable bonds is 3. The summed E-state index contributed by atoms with van der Waals surface area (Å²) in [4.78, 5) is 10.4. The third kappa shape index (κ3) is 3.81. The van der Waals surface area contributed by atoms with E-state index in [0.717, 1.165) is 0 Å². The SMILES string of the molecule is CC(C)(C)COc1ccc(Br)cc1[N+](=O)[O-]. The number of nitrogens with zero attached hydrogens (tertiary/aromatic N) is 1. The molecule has 0 atom stereocenters. The van der Waals surface area contributed by atoms with E-state index in [1.807, 2.05) is 20.8 Å². The highest BCUT2D eigenvalue weighted by atomic mass is 79.9. The number of hydrogen-bond acceptors (Lipinski definition) is 3. The molecule has 0 aliphatic rings. The maximum Gasteiger partial charge on any atom is 0.312 e. The van der Waals surface area contributed by atoms with Crippen molar-refractivity contribution in [1.82, 2.24) is 0 Å². The fourth-order valence-electron chi connectivity index (χ4n) is 1.05. The Hall–Kier alpha value is -1.10. The molecular weight excluding hydrogens is 274 g/mol. The Labute approximate surface area is 103 Å². The summed E-state index contributed by atoms with van der Waals surface area (Å²) >= 11 is 3.20. The van der Waals surface area contributed by atoms with Gasteiger partial charge in [-0.15, -0.1) is 0 Å². The monoisotopic (exact) mass is 287 g/mol. The summed E-state index contributed by atoms with van der Waals surface area (Å²) in [6.07, 6.45) is 0. The van der Waals surface area contributed by atoms with Crippen molar-refractivity contribution in [2.45, 2.75) is 20.8 Å². The van der Waals surface area contributed by atoms with Gasteiger partial charge < -0.3 is 4.74 Å². The maximum atomic E-state index is 10.8. The minimum Gasteiger partial charge on any atom is -0.486 e. The van der Waals surface area contributed by atoms with Crippen LogP contribution in [0.2, 0.25) is 0 Å². The van der Waals surface area contributed by atoms with Crippen LogP contribution in [-0.2, 0) is 0 Å². The Balaban J connectivity index is 2.91. The van der Waals surface area contributed by atoms with Gasteiger partial charge in [0, 0.05) is 10.5 Å². The second kappa shape index (κ2) is 4.82. The first-order valence-electron chi connectivity index (χ1n) is 4.86. The molecule has 0 fully saturated rings. The van der Waals surface area contributed by atoms with Crippen LogP contribution in [0.5, 0.6) is 5.75 Å². The van der Waals surface area contributed by atoms with E-state index in [-0.39, 0.29) is 11.1 Å². The molecule has 0 heterocycles. The zero-order chi connectivity index (χ0) is 12.3. The van der Waals surface area contributed by atoms with Gasteiger partial charge >= 0.3 is 5.69 Å². The van der Waals surface area contributed by atoms with Crippen LogP contribution in [0.4, 0.5) is 5.69 Å². The molecule has 0 radical (unpaired) electrons. The molecule has 0 amide bonds. The van der Waals surface area contributed by atoms with Gasteiger partial charge in [-0.1, -0.05) is 36.7 Å². The fourth-order valence-corrected chi connectivity index (χ4v) is 1.40. The molecular formula is C11H14BrNO3. The average molecular weight is 288 g/mol. The summed E-state index contributed by atoms with van der Waals surface area (Å²) < 4.78 is 6.12. The van der Waals surface area contributed by atoms with E-state index in [9.17, 15) is 10.1 Å². The molecule has 0 saturated carbocycles. The quantitative estimate of drug-likeness (QED) is 0.628. The molecule has 0 bridgehead atoms. The molecule has 0 spiro atoms. The van der Waals surface area contributed by atoms with E-state index in [4.69, 9.17) is 4.74 Å². The lowest BCUT2D eigenvalue weighted by Gasteiger charge is -2.18. The van der Waals surface area contributed by atoms with Gasteiger partial charge in [0.15, 0.2) is 5.75 Å². The van der Waals surface area contributed by atoms with Crippen molar-refractivity contribution >= 4 is 21.6 Å². The Kier molecular flexibility index (Phi) is 3.91. The molecule has 5 heteroatoms. The molecule has 0 aliphatic carbocycles. The lowest BCUT2D eigenvalue weighted by atomic mass is 9.99. The van der Waals surface area contributed by atoms with Gasteiger partial charge in [-0.3, -0.25) is 10.1 Å². The summed E-state index contributed by atoms with van der Waals surface area (Å²) in [7, 11) is 0. The molecule has 1 aromatic carbocycles. The van der Waals surface area contributed by atoms with E-state index < -0.39 is 4.92 Å². The Morgan fingerprint density at radius 2 is 2.06 bits per heavy atom. The summed E-state index contributed by atoms with van der Waals surface area (Å²) in [6.45, 7) is 6.47. The Bertz CT molecular complexity index is 399. The molecule has 1 aromatic rings. The molecule has 0 aromatic heterocycles. The van der Waals surface area contributed by atoms with E-state index in [2.05, 4.69) is 15.9 Å². The largest absolute Gasteiger partial charge is 0.486 e. The highest BCUT2D eigenvalue weighted by molar-refractivity contribution is 9.10. The predicted octanol–water partition coefficient (Wildman–Crippen LogP) is 3.78. The van der Waals surface area contributed by atoms with Gasteiger partial charge in [0.05, 0.1) is 11.5 Å². The number of nitro benzene ring substituents is 1. The van der Waals surface area contributed by atoms with Crippen LogP contribution in [0.3, 0.4) is 0 Å². The summed E-state index contributed by atoms with van der Waals surface area (Å²) in [5.74, 6) is 0.308.